The molecule has 0 unspecified atom stereocenters. The number of carbonyl (C=O) groups is 1. The van der Waals surface area contributed by atoms with Crippen molar-refractivity contribution in [2.75, 3.05) is 0 Å². The van der Waals surface area contributed by atoms with Gasteiger partial charge in [-0.1, -0.05) is 49.3 Å². The van der Waals surface area contributed by atoms with Crippen LogP contribution < -0.4 is 0 Å². The predicted molar refractivity (Wildman–Crippen MR) is 67.4 cm³/mol. The molecule has 1 aromatic carbocycles. The number of carboxylic acids is 1. The van der Waals surface area contributed by atoms with Gasteiger partial charge in [0.1, 0.15) is 11.3 Å². The first kappa shape index (κ1) is 12.4. The van der Waals surface area contributed by atoms with Crippen molar-refractivity contribution in [3.05, 3.63) is 41.7 Å². The molecule has 2 rings (SSSR count). The molecular formula is C14H15NO3. The lowest BCUT2D eigenvalue weighted by Gasteiger charge is -2.02. The Labute approximate surface area is 105 Å². The van der Waals surface area contributed by atoms with Crippen LogP contribution in [0.2, 0.25) is 0 Å². The summed E-state index contributed by atoms with van der Waals surface area (Å²) in [6.07, 6.45) is 0.571. The summed E-state index contributed by atoms with van der Waals surface area (Å²) in [5.74, 6) is -0.234. The van der Waals surface area contributed by atoms with E-state index in [0.717, 1.165) is 5.56 Å². The molecule has 1 aromatic heterocycles. The highest BCUT2D eigenvalue weighted by Crippen LogP contribution is 2.26. The lowest BCUT2D eigenvalue weighted by Crippen LogP contribution is -2.03. The summed E-state index contributed by atoms with van der Waals surface area (Å²) in [5, 5.41) is 13.2. The van der Waals surface area contributed by atoms with Crippen LogP contribution in [0.5, 0.6) is 0 Å². The summed E-state index contributed by atoms with van der Waals surface area (Å²) >= 11 is 0. The van der Waals surface area contributed by atoms with Gasteiger partial charge in [-0.2, -0.15) is 0 Å². The Morgan fingerprint density at radius 2 is 2.00 bits per heavy atom. The quantitative estimate of drug-likeness (QED) is 0.898. The maximum absolute atomic E-state index is 11.4. The number of hydrogen-bond acceptors (Lipinski definition) is 3. The molecule has 0 aliphatic heterocycles. The molecule has 2 aromatic rings. The molecule has 0 atom stereocenters. The van der Waals surface area contributed by atoms with Crippen LogP contribution in [0.3, 0.4) is 0 Å². The fourth-order valence-corrected chi connectivity index (χ4v) is 1.85. The Hall–Kier alpha value is -2.10. The van der Waals surface area contributed by atoms with Crippen LogP contribution in [0.25, 0.3) is 11.3 Å². The third-order valence-corrected chi connectivity index (χ3v) is 2.62. The van der Waals surface area contributed by atoms with Gasteiger partial charge in [-0.25, -0.2) is 4.79 Å². The Morgan fingerprint density at radius 3 is 2.56 bits per heavy atom. The molecule has 0 saturated heterocycles. The van der Waals surface area contributed by atoms with Crippen molar-refractivity contribution in [1.29, 1.82) is 0 Å². The van der Waals surface area contributed by atoms with Crippen molar-refractivity contribution in [3.8, 4) is 11.3 Å². The summed E-state index contributed by atoms with van der Waals surface area (Å²) in [5.41, 5.74) is 1.34. The molecular weight excluding hydrogens is 230 g/mol. The lowest BCUT2D eigenvalue weighted by atomic mass is 10.0. The molecule has 1 N–H and O–H groups in total. The van der Waals surface area contributed by atoms with Gasteiger partial charge in [0.05, 0.1) is 0 Å². The summed E-state index contributed by atoms with van der Waals surface area (Å²) in [4.78, 5) is 11.4. The van der Waals surface area contributed by atoms with Crippen molar-refractivity contribution in [2.45, 2.75) is 20.3 Å². The Balaban J connectivity index is 2.49. The van der Waals surface area contributed by atoms with E-state index in [9.17, 15) is 9.90 Å². The molecule has 0 amide bonds. The van der Waals surface area contributed by atoms with Crippen LogP contribution in [0.1, 0.15) is 30.0 Å². The first-order chi connectivity index (χ1) is 8.59. The highest BCUT2D eigenvalue weighted by molar-refractivity contribution is 5.95. The van der Waals surface area contributed by atoms with Crippen LogP contribution >= 0.6 is 0 Å². The zero-order valence-electron chi connectivity index (χ0n) is 10.4. The molecule has 0 radical (unpaired) electrons. The van der Waals surface area contributed by atoms with E-state index in [4.69, 9.17) is 4.52 Å². The summed E-state index contributed by atoms with van der Waals surface area (Å²) < 4.78 is 5.19. The van der Waals surface area contributed by atoms with Gasteiger partial charge >= 0.3 is 5.97 Å². The van der Waals surface area contributed by atoms with Gasteiger partial charge in [0.15, 0.2) is 5.76 Å². The largest absolute Gasteiger partial charge is 0.477 e. The molecule has 0 spiro atoms. The molecule has 94 valence electrons. The number of nitrogens with zero attached hydrogens (tertiary/aromatic N) is 1. The Kier molecular flexibility index (Phi) is 3.46. The molecule has 4 heteroatoms. The van der Waals surface area contributed by atoms with Crippen molar-refractivity contribution in [3.63, 3.8) is 0 Å². The topological polar surface area (TPSA) is 63.3 Å². The molecule has 0 fully saturated rings. The zero-order valence-corrected chi connectivity index (χ0v) is 10.4. The number of aromatic carboxylic acids is 1. The second kappa shape index (κ2) is 5.04. The van der Waals surface area contributed by atoms with Gasteiger partial charge in [0.2, 0.25) is 0 Å². The van der Waals surface area contributed by atoms with E-state index in [1.165, 1.54) is 0 Å². The van der Waals surface area contributed by atoms with Crippen LogP contribution in [0.15, 0.2) is 34.9 Å². The molecule has 4 nitrogen and oxygen atoms in total. The highest BCUT2D eigenvalue weighted by Gasteiger charge is 2.23. The molecule has 0 bridgehead atoms. The van der Waals surface area contributed by atoms with Gasteiger partial charge < -0.3 is 9.63 Å². The average molecular weight is 245 g/mol. The molecule has 18 heavy (non-hydrogen) atoms. The van der Waals surface area contributed by atoms with E-state index < -0.39 is 5.97 Å². The van der Waals surface area contributed by atoms with E-state index in [-0.39, 0.29) is 5.56 Å². The van der Waals surface area contributed by atoms with Crippen LogP contribution in [-0.2, 0) is 6.42 Å². The highest BCUT2D eigenvalue weighted by atomic mass is 16.5. The maximum atomic E-state index is 11.4. The third-order valence-electron chi connectivity index (χ3n) is 2.62. The Bertz CT molecular complexity index is 543. The van der Waals surface area contributed by atoms with Crippen molar-refractivity contribution in [2.24, 2.45) is 5.92 Å². The van der Waals surface area contributed by atoms with E-state index >= 15 is 0 Å². The van der Waals surface area contributed by atoms with Gasteiger partial charge in [0, 0.05) is 12.0 Å². The SMILES string of the molecule is CC(C)Cc1onc(-c2ccccc2)c1C(=O)O. The first-order valence-corrected chi connectivity index (χ1v) is 5.87. The fourth-order valence-electron chi connectivity index (χ4n) is 1.85. The molecule has 0 aliphatic rings. The number of carboxylic acid groups (broad SMARTS) is 1. The van der Waals surface area contributed by atoms with Crippen molar-refractivity contribution < 1.29 is 14.4 Å². The summed E-state index contributed by atoms with van der Waals surface area (Å²) in [7, 11) is 0. The minimum atomic E-state index is -0.995. The predicted octanol–water partition coefficient (Wildman–Crippen LogP) is 3.24. The molecule has 0 aliphatic carbocycles. The number of rotatable bonds is 4. The van der Waals surface area contributed by atoms with E-state index in [0.29, 0.717) is 23.8 Å². The normalized spacial score (nSPS) is 10.8. The third kappa shape index (κ3) is 2.42. The second-order valence-electron chi connectivity index (χ2n) is 4.60. The van der Waals surface area contributed by atoms with Gasteiger partial charge in [0.25, 0.3) is 0 Å². The van der Waals surface area contributed by atoms with E-state index in [1.807, 2.05) is 44.2 Å². The lowest BCUT2D eigenvalue weighted by molar-refractivity contribution is 0.0695. The molecule has 0 saturated carbocycles. The zero-order chi connectivity index (χ0) is 13.1. The van der Waals surface area contributed by atoms with Crippen LogP contribution in [-0.4, -0.2) is 16.2 Å². The van der Waals surface area contributed by atoms with E-state index in [2.05, 4.69) is 5.16 Å². The van der Waals surface area contributed by atoms with Crippen LogP contribution in [0, 0.1) is 5.92 Å². The smallest absolute Gasteiger partial charge is 0.341 e. The monoisotopic (exact) mass is 245 g/mol. The average Bonchev–Trinajstić information content (AvgIpc) is 2.73. The Morgan fingerprint density at radius 1 is 1.33 bits per heavy atom. The van der Waals surface area contributed by atoms with Gasteiger partial charge in [-0.3, -0.25) is 0 Å². The minimum Gasteiger partial charge on any atom is -0.477 e. The van der Waals surface area contributed by atoms with Gasteiger partial charge in [-0.15, -0.1) is 0 Å². The second-order valence-corrected chi connectivity index (χ2v) is 4.60. The molecule has 1 heterocycles. The maximum Gasteiger partial charge on any atom is 0.341 e. The number of benzene rings is 1. The summed E-state index contributed by atoms with van der Waals surface area (Å²) in [6.45, 7) is 4.02. The number of aromatic nitrogens is 1. The van der Waals surface area contributed by atoms with Crippen molar-refractivity contribution >= 4 is 5.97 Å². The summed E-state index contributed by atoms with van der Waals surface area (Å²) in [6, 6.07) is 9.21. The van der Waals surface area contributed by atoms with E-state index in [1.54, 1.807) is 0 Å². The van der Waals surface area contributed by atoms with Crippen molar-refractivity contribution in [1.82, 2.24) is 5.16 Å². The van der Waals surface area contributed by atoms with Gasteiger partial charge in [-0.05, 0) is 5.92 Å². The first-order valence-electron chi connectivity index (χ1n) is 5.87. The minimum absolute atomic E-state index is 0.176. The van der Waals surface area contributed by atoms with Crippen LogP contribution in [0.4, 0.5) is 0 Å². The standard InChI is InChI=1S/C14H15NO3/c1-9(2)8-11-12(14(16)17)13(15-18-11)10-6-4-3-5-7-10/h3-7,9H,8H2,1-2H3,(H,16,17). The fraction of sp³-hybridized carbons (Fsp3) is 0.286. The number of hydrogen-bond donors (Lipinski definition) is 1.